The van der Waals surface area contributed by atoms with Gasteiger partial charge in [-0.25, -0.2) is 8.42 Å². The van der Waals surface area contributed by atoms with Crippen LogP contribution in [0.15, 0.2) is 42.5 Å². The molecule has 2 aromatic rings. The second-order valence-electron chi connectivity index (χ2n) is 8.53. The van der Waals surface area contributed by atoms with Gasteiger partial charge in [-0.2, -0.15) is 0 Å². The monoisotopic (exact) mass is 489 g/mol. The zero-order valence-electron chi connectivity index (χ0n) is 19.8. The molecule has 0 spiro atoms. The first-order chi connectivity index (χ1) is 16.2. The molecule has 0 aliphatic carbocycles. The molecule has 1 atom stereocenters. The molecule has 1 amide bonds. The van der Waals surface area contributed by atoms with Crippen molar-refractivity contribution in [3.05, 3.63) is 48.0 Å². The zero-order valence-corrected chi connectivity index (χ0v) is 20.6. The van der Waals surface area contributed by atoms with Crippen molar-refractivity contribution in [3.63, 3.8) is 0 Å². The first-order valence-electron chi connectivity index (χ1n) is 11.3. The minimum Gasteiger partial charge on any atom is -0.481 e. The van der Waals surface area contributed by atoms with Crippen molar-refractivity contribution >= 4 is 21.6 Å². The van der Waals surface area contributed by atoms with E-state index in [1.165, 1.54) is 11.4 Å². The molecule has 1 saturated heterocycles. The number of fused-ring (bicyclic) bond motifs is 1. The highest BCUT2D eigenvalue weighted by atomic mass is 32.2. The number of piperazine rings is 1. The van der Waals surface area contributed by atoms with Crippen molar-refractivity contribution in [2.45, 2.75) is 26.0 Å². The molecule has 2 heterocycles. The Morgan fingerprint density at radius 3 is 2.38 bits per heavy atom. The first kappa shape index (κ1) is 24.2. The number of hydrogen-bond donors (Lipinski definition) is 0. The number of carbonyl (C=O) groups is 1. The van der Waals surface area contributed by atoms with Gasteiger partial charge in [0.1, 0.15) is 5.75 Å². The summed E-state index contributed by atoms with van der Waals surface area (Å²) >= 11 is 0. The van der Waals surface area contributed by atoms with Gasteiger partial charge in [0.05, 0.1) is 11.9 Å². The number of sulfonamides is 1. The van der Waals surface area contributed by atoms with Crippen LogP contribution in [-0.2, 0) is 21.4 Å². The number of nitrogens with zero attached hydrogens (tertiary/aromatic N) is 3. The lowest BCUT2D eigenvalue weighted by atomic mass is 10.1. The number of anilines is 1. The van der Waals surface area contributed by atoms with Crippen LogP contribution in [0.1, 0.15) is 18.9 Å². The molecular weight excluding hydrogens is 458 g/mol. The molecule has 10 heteroatoms. The van der Waals surface area contributed by atoms with Crippen LogP contribution in [-0.4, -0.2) is 76.5 Å². The Balaban J connectivity index is 1.30. The number of amides is 1. The summed E-state index contributed by atoms with van der Waals surface area (Å²) in [6, 6.07) is 12.7. The van der Waals surface area contributed by atoms with E-state index in [2.05, 4.69) is 4.90 Å². The minimum absolute atomic E-state index is 0.0254. The molecule has 2 aromatic carbocycles. The summed E-state index contributed by atoms with van der Waals surface area (Å²) in [4.78, 5) is 17.3. The van der Waals surface area contributed by atoms with Gasteiger partial charge in [0.2, 0.25) is 16.8 Å². The zero-order chi connectivity index (χ0) is 24.3. The van der Waals surface area contributed by atoms with E-state index in [1.54, 1.807) is 24.3 Å². The highest BCUT2D eigenvalue weighted by Crippen LogP contribution is 2.33. The minimum atomic E-state index is -3.34. The van der Waals surface area contributed by atoms with Crippen LogP contribution in [0.5, 0.6) is 17.2 Å². The second-order valence-corrected chi connectivity index (χ2v) is 10.5. The Labute approximate surface area is 200 Å². The summed E-state index contributed by atoms with van der Waals surface area (Å²) < 4.78 is 41.4. The van der Waals surface area contributed by atoms with E-state index in [9.17, 15) is 13.2 Å². The maximum atomic E-state index is 13.1. The van der Waals surface area contributed by atoms with Crippen molar-refractivity contribution in [1.82, 2.24) is 9.80 Å². The Bertz CT molecular complexity index is 1110. The predicted octanol–water partition coefficient (Wildman–Crippen LogP) is 2.31. The van der Waals surface area contributed by atoms with Crippen LogP contribution in [0.3, 0.4) is 0 Å². The summed E-state index contributed by atoms with van der Waals surface area (Å²) in [6.45, 7) is 5.82. The molecule has 0 N–H and O–H groups in total. The number of hydrogen-bond acceptors (Lipinski definition) is 7. The van der Waals surface area contributed by atoms with Crippen LogP contribution < -0.4 is 18.5 Å². The molecule has 0 aromatic heterocycles. The quantitative estimate of drug-likeness (QED) is 0.562. The number of ether oxygens (including phenoxy) is 3. The average Bonchev–Trinajstić information content (AvgIpc) is 3.30. The van der Waals surface area contributed by atoms with Gasteiger partial charge < -0.3 is 19.1 Å². The van der Waals surface area contributed by atoms with Crippen molar-refractivity contribution in [2.24, 2.45) is 0 Å². The number of carbonyl (C=O) groups excluding carboxylic acids is 1. The van der Waals surface area contributed by atoms with Gasteiger partial charge in [-0.15, -0.1) is 0 Å². The normalized spacial score (nSPS) is 16.9. The van der Waals surface area contributed by atoms with Crippen molar-refractivity contribution in [3.8, 4) is 17.2 Å². The van der Waals surface area contributed by atoms with Gasteiger partial charge in [-0.05, 0) is 48.4 Å². The lowest BCUT2D eigenvalue weighted by molar-refractivity contribution is -0.140. The second kappa shape index (κ2) is 10.1. The van der Waals surface area contributed by atoms with Gasteiger partial charge in [0, 0.05) is 39.8 Å². The summed E-state index contributed by atoms with van der Waals surface area (Å²) in [6.07, 6.45) is 1.11. The van der Waals surface area contributed by atoms with Gasteiger partial charge in [0.15, 0.2) is 17.6 Å². The Morgan fingerprint density at radius 1 is 1.06 bits per heavy atom. The van der Waals surface area contributed by atoms with Crippen LogP contribution in [0, 0.1) is 0 Å². The highest BCUT2D eigenvalue weighted by molar-refractivity contribution is 7.92. The van der Waals surface area contributed by atoms with Gasteiger partial charge in [-0.3, -0.25) is 14.0 Å². The fraction of sp³-hybridized carbons (Fsp3) is 0.458. The standard InChI is InChI=1S/C24H31N3O6S/c1-4-21(33-20-8-6-19(7-9-20)25(2)34(3,29)30)24(28)27-13-11-26(12-14-27)16-18-5-10-22-23(15-18)32-17-31-22/h5-10,15,21H,4,11-14,16-17H2,1-3H3. The Morgan fingerprint density at radius 2 is 1.74 bits per heavy atom. The third-order valence-corrected chi connectivity index (χ3v) is 7.36. The molecule has 2 aliphatic heterocycles. The van der Waals surface area contributed by atoms with E-state index in [0.29, 0.717) is 30.9 Å². The third-order valence-electron chi connectivity index (χ3n) is 6.15. The lowest BCUT2D eigenvalue weighted by Crippen LogP contribution is -2.52. The molecule has 9 nitrogen and oxygen atoms in total. The molecule has 1 fully saturated rings. The predicted molar refractivity (Wildman–Crippen MR) is 129 cm³/mol. The number of benzene rings is 2. The maximum Gasteiger partial charge on any atom is 0.263 e. The van der Waals surface area contributed by atoms with Crippen LogP contribution >= 0.6 is 0 Å². The number of rotatable bonds is 8. The average molecular weight is 490 g/mol. The van der Waals surface area contributed by atoms with Gasteiger partial charge >= 0.3 is 0 Å². The van der Waals surface area contributed by atoms with E-state index >= 15 is 0 Å². The molecule has 4 rings (SSSR count). The topological polar surface area (TPSA) is 88.6 Å². The van der Waals surface area contributed by atoms with E-state index in [4.69, 9.17) is 14.2 Å². The molecule has 184 valence electrons. The summed E-state index contributed by atoms with van der Waals surface area (Å²) in [5, 5.41) is 0. The third kappa shape index (κ3) is 5.56. The molecular formula is C24H31N3O6S. The smallest absolute Gasteiger partial charge is 0.263 e. The molecule has 0 bridgehead atoms. The molecule has 0 radical (unpaired) electrons. The Kier molecular flexibility index (Phi) is 7.18. The summed E-state index contributed by atoms with van der Waals surface area (Å²) in [7, 11) is -1.84. The summed E-state index contributed by atoms with van der Waals surface area (Å²) in [5.74, 6) is 2.07. The van der Waals surface area contributed by atoms with Crippen LogP contribution in [0.4, 0.5) is 5.69 Å². The molecule has 1 unspecified atom stereocenters. The van der Waals surface area contributed by atoms with E-state index in [0.717, 1.165) is 43.0 Å². The first-order valence-corrected chi connectivity index (χ1v) is 13.2. The van der Waals surface area contributed by atoms with E-state index in [-0.39, 0.29) is 12.7 Å². The SMILES string of the molecule is CCC(Oc1ccc(N(C)S(C)(=O)=O)cc1)C(=O)N1CCN(Cc2ccc3c(c2)OCO3)CC1. The van der Waals surface area contributed by atoms with Crippen LogP contribution in [0.2, 0.25) is 0 Å². The van der Waals surface area contributed by atoms with Crippen molar-refractivity contribution < 1.29 is 27.4 Å². The lowest BCUT2D eigenvalue weighted by Gasteiger charge is -2.36. The highest BCUT2D eigenvalue weighted by Gasteiger charge is 2.28. The Hall–Kier alpha value is -2.98. The van der Waals surface area contributed by atoms with E-state index < -0.39 is 16.1 Å². The largest absolute Gasteiger partial charge is 0.481 e. The summed E-state index contributed by atoms with van der Waals surface area (Å²) in [5.41, 5.74) is 1.69. The van der Waals surface area contributed by atoms with Gasteiger partial charge in [0.25, 0.3) is 5.91 Å². The molecule has 2 aliphatic rings. The van der Waals surface area contributed by atoms with Crippen molar-refractivity contribution in [2.75, 3.05) is 50.6 Å². The molecule has 34 heavy (non-hydrogen) atoms. The van der Waals surface area contributed by atoms with Crippen LogP contribution in [0.25, 0.3) is 0 Å². The fourth-order valence-electron chi connectivity index (χ4n) is 4.03. The molecule has 0 saturated carbocycles. The van der Waals surface area contributed by atoms with E-state index in [1.807, 2.05) is 30.0 Å². The van der Waals surface area contributed by atoms with Gasteiger partial charge in [-0.1, -0.05) is 13.0 Å². The van der Waals surface area contributed by atoms with Crippen molar-refractivity contribution in [1.29, 1.82) is 0 Å². The fourth-order valence-corrected chi connectivity index (χ4v) is 4.53. The maximum absolute atomic E-state index is 13.1.